The van der Waals surface area contributed by atoms with Crippen LogP contribution < -0.4 is 5.32 Å². The molecule has 0 atom stereocenters. The molecule has 0 spiro atoms. The van der Waals surface area contributed by atoms with Crippen molar-refractivity contribution in [2.45, 2.75) is 13.8 Å². The van der Waals surface area contributed by atoms with Crippen LogP contribution in [0.3, 0.4) is 0 Å². The molecule has 14 heavy (non-hydrogen) atoms. The van der Waals surface area contributed by atoms with Gasteiger partial charge in [-0.15, -0.1) is 0 Å². The smallest absolute Gasteiger partial charge is 0.221 e. The Bertz CT molecular complexity index is 487. The Balaban J connectivity index is 2.64. The average molecular weight is 189 g/mol. The molecule has 4 nitrogen and oxygen atoms in total. The quantitative estimate of drug-likeness (QED) is 0.719. The summed E-state index contributed by atoms with van der Waals surface area (Å²) < 4.78 is 0. The first kappa shape index (κ1) is 8.74. The maximum Gasteiger partial charge on any atom is 0.221 e. The van der Waals surface area contributed by atoms with Crippen molar-refractivity contribution in [3.63, 3.8) is 0 Å². The largest absolute Gasteiger partial charge is 0.325 e. The van der Waals surface area contributed by atoms with Gasteiger partial charge in [0.05, 0.1) is 17.4 Å². The van der Waals surface area contributed by atoms with Gasteiger partial charge in [-0.1, -0.05) is 6.07 Å². The monoisotopic (exact) mass is 189 g/mol. The Morgan fingerprint density at radius 3 is 3.00 bits per heavy atom. The summed E-state index contributed by atoms with van der Waals surface area (Å²) in [6.07, 6.45) is 1.72. The second-order valence-electron chi connectivity index (χ2n) is 3.27. The summed E-state index contributed by atoms with van der Waals surface area (Å²) in [7, 11) is 0. The van der Waals surface area contributed by atoms with Gasteiger partial charge >= 0.3 is 0 Å². The number of fused-ring (bicyclic) bond motifs is 1. The van der Waals surface area contributed by atoms with Crippen LogP contribution in [-0.4, -0.2) is 16.1 Å². The van der Waals surface area contributed by atoms with E-state index in [4.69, 9.17) is 0 Å². The zero-order chi connectivity index (χ0) is 10.1. The molecule has 2 aromatic rings. The molecule has 1 aromatic carbocycles. The lowest BCUT2D eigenvalue weighted by Gasteiger charge is -2.06. The van der Waals surface area contributed by atoms with Gasteiger partial charge in [0.2, 0.25) is 5.91 Å². The van der Waals surface area contributed by atoms with Gasteiger partial charge in [-0.05, 0) is 18.6 Å². The van der Waals surface area contributed by atoms with E-state index in [9.17, 15) is 4.79 Å². The van der Waals surface area contributed by atoms with Crippen molar-refractivity contribution >= 4 is 22.5 Å². The van der Waals surface area contributed by atoms with Crippen molar-refractivity contribution in [2.75, 3.05) is 5.32 Å². The lowest BCUT2D eigenvalue weighted by atomic mass is 10.1. The molecule has 0 bridgehead atoms. The molecule has 0 saturated carbocycles. The maximum atomic E-state index is 11.0. The molecule has 1 amide bonds. The Morgan fingerprint density at radius 2 is 2.29 bits per heavy atom. The topological polar surface area (TPSA) is 57.8 Å². The van der Waals surface area contributed by atoms with Crippen LogP contribution in [-0.2, 0) is 4.79 Å². The number of nitrogens with zero attached hydrogens (tertiary/aromatic N) is 1. The first-order valence-electron chi connectivity index (χ1n) is 4.39. The highest BCUT2D eigenvalue weighted by molar-refractivity contribution is 6.01. The predicted molar refractivity (Wildman–Crippen MR) is 55.1 cm³/mol. The van der Waals surface area contributed by atoms with Gasteiger partial charge in [-0.25, -0.2) is 0 Å². The van der Waals surface area contributed by atoms with Gasteiger partial charge in [0, 0.05) is 12.3 Å². The Kier molecular flexibility index (Phi) is 1.96. The van der Waals surface area contributed by atoms with Crippen LogP contribution in [0.15, 0.2) is 18.3 Å². The van der Waals surface area contributed by atoms with Gasteiger partial charge in [0.15, 0.2) is 0 Å². The van der Waals surface area contributed by atoms with E-state index in [-0.39, 0.29) is 5.91 Å². The molecule has 0 fully saturated rings. The minimum atomic E-state index is -0.0678. The van der Waals surface area contributed by atoms with E-state index in [0.29, 0.717) is 0 Å². The molecule has 1 aromatic heterocycles. The van der Waals surface area contributed by atoms with Crippen LogP contribution in [0.1, 0.15) is 12.5 Å². The third-order valence-corrected chi connectivity index (χ3v) is 2.13. The molecule has 0 radical (unpaired) electrons. The number of amides is 1. The number of rotatable bonds is 1. The fourth-order valence-corrected chi connectivity index (χ4v) is 1.47. The Hall–Kier alpha value is -1.84. The van der Waals surface area contributed by atoms with Gasteiger partial charge < -0.3 is 5.32 Å². The number of carbonyl (C=O) groups excluding carboxylic acids is 1. The van der Waals surface area contributed by atoms with Gasteiger partial charge in [-0.3, -0.25) is 9.89 Å². The number of anilines is 1. The number of aryl methyl sites for hydroxylation is 1. The highest BCUT2D eigenvalue weighted by Crippen LogP contribution is 2.25. The third-order valence-electron chi connectivity index (χ3n) is 2.13. The first-order chi connectivity index (χ1) is 6.68. The summed E-state index contributed by atoms with van der Waals surface area (Å²) in [6.45, 7) is 3.45. The van der Waals surface area contributed by atoms with Gasteiger partial charge in [0.1, 0.15) is 0 Å². The second-order valence-corrected chi connectivity index (χ2v) is 3.27. The molecule has 72 valence electrons. The summed E-state index contributed by atoms with van der Waals surface area (Å²) in [5.74, 6) is -0.0678. The lowest BCUT2D eigenvalue weighted by molar-refractivity contribution is -0.114. The van der Waals surface area contributed by atoms with E-state index < -0.39 is 0 Å². The number of aromatic amines is 1. The van der Waals surface area contributed by atoms with E-state index >= 15 is 0 Å². The van der Waals surface area contributed by atoms with Crippen LogP contribution in [0.4, 0.5) is 5.69 Å². The summed E-state index contributed by atoms with van der Waals surface area (Å²) in [6, 6.07) is 3.90. The molecule has 4 heteroatoms. The Labute approximate surface area is 81.3 Å². The number of carbonyl (C=O) groups is 1. The van der Waals surface area contributed by atoms with Gasteiger partial charge in [0.25, 0.3) is 0 Å². The fraction of sp³-hybridized carbons (Fsp3) is 0.200. The second kappa shape index (κ2) is 3.14. The van der Waals surface area contributed by atoms with Gasteiger partial charge in [-0.2, -0.15) is 5.10 Å². The number of aromatic nitrogens is 2. The van der Waals surface area contributed by atoms with Crippen LogP contribution >= 0.6 is 0 Å². The van der Waals surface area contributed by atoms with E-state index in [1.54, 1.807) is 6.20 Å². The fourth-order valence-electron chi connectivity index (χ4n) is 1.47. The molecule has 0 unspecified atom stereocenters. The summed E-state index contributed by atoms with van der Waals surface area (Å²) in [4.78, 5) is 11.0. The molecule has 1 heterocycles. The standard InChI is InChI=1S/C10H11N3O/c1-6-3-4-9-8(5-11-13-9)10(6)12-7(2)14/h3-5H,1-2H3,(H,11,13)(H,12,14). The molecule has 0 aliphatic heterocycles. The number of nitrogens with one attached hydrogen (secondary N) is 2. The van der Waals surface area contributed by atoms with Crippen LogP contribution in [0.25, 0.3) is 10.9 Å². The van der Waals surface area contributed by atoms with E-state index in [2.05, 4.69) is 15.5 Å². The molecule has 0 aliphatic rings. The number of hydrogen-bond donors (Lipinski definition) is 2. The third kappa shape index (κ3) is 1.35. The van der Waals surface area contributed by atoms with Crippen molar-refractivity contribution in [1.82, 2.24) is 10.2 Å². The van der Waals surface area contributed by atoms with Crippen molar-refractivity contribution in [3.8, 4) is 0 Å². The van der Waals surface area contributed by atoms with E-state index in [1.807, 2.05) is 19.1 Å². The SMILES string of the molecule is CC(=O)Nc1c(C)ccc2[nH]ncc12. The summed E-state index contributed by atoms with van der Waals surface area (Å²) in [5, 5.41) is 10.5. The van der Waals surface area contributed by atoms with Crippen molar-refractivity contribution in [2.24, 2.45) is 0 Å². The zero-order valence-corrected chi connectivity index (χ0v) is 8.09. The van der Waals surface area contributed by atoms with Crippen LogP contribution in [0, 0.1) is 6.92 Å². The molecule has 2 rings (SSSR count). The lowest BCUT2D eigenvalue weighted by Crippen LogP contribution is -2.07. The minimum absolute atomic E-state index is 0.0678. The van der Waals surface area contributed by atoms with Crippen molar-refractivity contribution in [1.29, 1.82) is 0 Å². The predicted octanol–water partition coefficient (Wildman–Crippen LogP) is 1.83. The number of H-pyrrole nitrogens is 1. The number of hydrogen-bond acceptors (Lipinski definition) is 2. The zero-order valence-electron chi connectivity index (χ0n) is 8.09. The summed E-state index contributed by atoms with van der Waals surface area (Å²) >= 11 is 0. The molecule has 2 N–H and O–H groups in total. The van der Waals surface area contributed by atoms with Crippen LogP contribution in [0.5, 0.6) is 0 Å². The normalized spacial score (nSPS) is 10.4. The van der Waals surface area contributed by atoms with E-state index in [1.165, 1.54) is 6.92 Å². The molecule has 0 saturated heterocycles. The van der Waals surface area contributed by atoms with Crippen molar-refractivity contribution < 1.29 is 4.79 Å². The van der Waals surface area contributed by atoms with Crippen molar-refractivity contribution in [3.05, 3.63) is 23.9 Å². The Morgan fingerprint density at radius 1 is 1.50 bits per heavy atom. The minimum Gasteiger partial charge on any atom is -0.325 e. The highest BCUT2D eigenvalue weighted by Gasteiger charge is 2.06. The van der Waals surface area contributed by atoms with E-state index in [0.717, 1.165) is 22.2 Å². The highest BCUT2D eigenvalue weighted by atomic mass is 16.1. The molecular formula is C10H11N3O. The first-order valence-corrected chi connectivity index (χ1v) is 4.39. The van der Waals surface area contributed by atoms with Crippen LogP contribution in [0.2, 0.25) is 0 Å². The maximum absolute atomic E-state index is 11.0. The number of benzene rings is 1. The molecular weight excluding hydrogens is 178 g/mol. The average Bonchev–Trinajstić information content (AvgIpc) is 2.57. The molecule has 0 aliphatic carbocycles. The summed E-state index contributed by atoms with van der Waals surface area (Å²) in [5.41, 5.74) is 2.80.